The van der Waals surface area contributed by atoms with Gasteiger partial charge in [-0.25, -0.2) is 4.39 Å². The van der Waals surface area contributed by atoms with Crippen molar-refractivity contribution in [3.05, 3.63) is 39.5 Å². The number of nitrogens with zero attached hydrogens (tertiary/aromatic N) is 1. The van der Waals surface area contributed by atoms with Crippen molar-refractivity contribution in [1.82, 2.24) is 4.90 Å². The van der Waals surface area contributed by atoms with E-state index in [4.69, 9.17) is 16.3 Å². The predicted molar refractivity (Wildman–Crippen MR) is 85.3 cm³/mol. The normalized spacial score (nSPS) is 16.6. The minimum atomic E-state index is -0.688. The van der Waals surface area contributed by atoms with Crippen molar-refractivity contribution >= 4 is 46.6 Å². The first-order valence-electron chi connectivity index (χ1n) is 6.68. The maximum absolute atomic E-state index is 13.8. The van der Waals surface area contributed by atoms with Crippen LogP contribution in [0.25, 0.3) is 6.08 Å². The van der Waals surface area contributed by atoms with Gasteiger partial charge in [-0.2, -0.15) is 0 Å². The predicted octanol–water partition coefficient (Wildman–Crippen LogP) is 3.47. The first kappa shape index (κ1) is 17.5. The van der Waals surface area contributed by atoms with Crippen LogP contribution in [-0.2, 0) is 14.3 Å². The highest BCUT2D eigenvalue weighted by atomic mass is 35.5. The molecule has 0 atom stereocenters. The molecule has 2 rings (SSSR count). The molecule has 1 aliphatic rings. The lowest BCUT2D eigenvalue weighted by molar-refractivity contribution is -0.149. The van der Waals surface area contributed by atoms with E-state index in [0.29, 0.717) is 11.8 Å². The van der Waals surface area contributed by atoms with Crippen molar-refractivity contribution in [2.75, 3.05) is 6.54 Å². The summed E-state index contributed by atoms with van der Waals surface area (Å²) in [5.41, 5.74) is 0.0180. The molecule has 0 N–H and O–H groups in total. The molecule has 1 aromatic carbocycles. The lowest BCUT2D eigenvalue weighted by atomic mass is 10.2. The van der Waals surface area contributed by atoms with Crippen LogP contribution >= 0.6 is 23.4 Å². The van der Waals surface area contributed by atoms with E-state index in [-0.39, 0.29) is 21.6 Å². The summed E-state index contributed by atoms with van der Waals surface area (Å²) in [5, 5.41) is -0.495. The standard InChI is InChI=1S/C15H13ClFNO4S/c1-8(2)22-13(19)7-18-14(20)12(23-15(18)21)6-9-10(16)4-3-5-11(9)17/h3-6,8H,7H2,1-2H3/b12-6-. The number of carbonyl (C=O) groups is 3. The molecule has 0 unspecified atom stereocenters. The Bertz CT molecular complexity index is 684. The van der Waals surface area contributed by atoms with Crippen molar-refractivity contribution in [1.29, 1.82) is 0 Å². The van der Waals surface area contributed by atoms with Gasteiger partial charge in [-0.05, 0) is 43.8 Å². The highest BCUT2D eigenvalue weighted by molar-refractivity contribution is 8.18. The number of hydrogen-bond donors (Lipinski definition) is 0. The molecule has 5 nitrogen and oxygen atoms in total. The van der Waals surface area contributed by atoms with Crippen LogP contribution in [-0.4, -0.2) is 34.7 Å². The summed E-state index contributed by atoms with van der Waals surface area (Å²) in [6.07, 6.45) is 0.853. The second-order valence-electron chi connectivity index (χ2n) is 4.94. The Hall–Kier alpha value is -1.86. The van der Waals surface area contributed by atoms with E-state index in [9.17, 15) is 18.8 Å². The Balaban J connectivity index is 2.21. The molecule has 0 spiro atoms. The number of carbonyl (C=O) groups excluding carboxylic acids is 3. The van der Waals surface area contributed by atoms with Gasteiger partial charge in [-0.1, -0.05) is 17.7 Å². The van der Waals surface area contributed by atoms with Gasteiger partial charge in [0, 0.05) is 5.56 Å². The van der Waals surface area contributed by atoms with Crippen molar-refractivity contribution < 1.29 is 23.5 Å². The minimum Gasteiger partial charge on any atom is -0.462 e. The van der Waals surface area contributed by atoms with Crippen molar-refractivity contribution in [3.8, 4) is 0 Å². The molecule has 0 saturated carbocycles. The number of ether oxygens (including phenoxy) is 1. The quantitative estimate of drug-likeness (QED) is 0.610. The third-order valence-electron chi connectivity index (χ3n) is 2.80. The Kier molecular flexibility index (Phi) is 5.43. The summed E-state index contributed by atoms with van der Waals surface area (Å²) in [7, 11) is 0. The first-order chi connectivity index (χ1) is 10.8. The number of benzene rings is 1. The van der Waals surface area contributed by atoms with Crippen molar-refractivity contribution in [2.45, 2.75) is 20.0 Å². The summed E-state index contributed by atoms with van der Waals surface area (Å²) in [6.45, 7) is 2.84. The minimum absolute atomic E-state index is 0.000605. The second-order valence-corrected chi connectivity index (χ2v) is 6.34. The van der Waals surface area contributed by atoms with Gasteiger partial charge in [0.1, 0.15) is 12.4 Å². The fourth-order valence-corrected chi connectivity index (χ4v) is 2.88. The van der Waals surface area contributed by atoms with Crippen LogP contribution < -0.4 is 0 Å². The maximum atomic E-state index is 13.8. The first-order valence-corrected chi connectivity index (χ1v) is 7.88. The number of thioether (sulfide) groups is 1. The highest BCUT2D eigenvalue weighted by Gasteiger charge is 2.37. The number of amides is 2. The van der Waals surface area contributed by atoms with Gasteiger partial charge in [-0.15, -0.1) is 0 Å². The number of esters is 1. The molecular weight excluding hydrogens is 345 g/mol. The molecule has 0 bridgehead atoms. The number of rotatable bonds is 4. The zero-order valence-corrected chi connectivity index (χ0v) is 13.9. The van der Waals surface area contributed by atoms with Gasteiger partial charge in [-0.3, -0.25) is 19.3 Å². The van der Waals surface area contributed by atoms with Gasteiger partial charge in [0.25, 0.3) is 11.1 Å². The molecule has 0 radical (unpaired) electrons. The van der Waals surface area contributed by atoms with Gasteiger partial charge >= 0.3 is 5.97 Å². The third-order valence-corrected chi connectivity index (χ3v) is 4.04. The maximum Gasteiger partial charge on any atom is 0.326 e. The Morgan fingerprint density at radius 2 is 2.13 bits per heavy atom. The van der Waals surface area contributed by atoms with E-state index in [0.717, 1.165) is 4.90 Å². The summed E-state index contributed by atoms with van der Waals surface area (Å²) < 4.78 is 18.7. The second kappa shape index (κ2) is 7.14. The molecule has 8 heteroatoms. The van der Waals surface area contributed by atoms with E-state index in [2.05, 4.69) is 0 Å². The lowest BCUT2D eigenvalue weighted by Crippen LogP contribution is -2.35. The molecule has 1 fully saturated rings. The number of imide groups is 1. The van der Waals surface area contributed by atoms with Gasteiger partial charge in [0.05, 0.1) is 16.0 Å². The molecule has 23 heavy (non-hydrogen) atoms. The van der Waals surface area contributed by atoms with Crippen LogP contribution in [0, 0.1) is 5.82 Å². The Labute approximate surface area is 141 Å². The molecule has 0 aromatic heterocycles. The van der Waals surface area contributed by atoms with E-state index in [1.165, 1.54) is 24.3 Å². The summed E-state index contributed by atoms with van der Waals surface area (Å²) in [5.74, 6) is -1.98. The molecule has 1 heterocycles. The van der Waals surface area contributed by atoms with Crippen LogP contribution in [0.3, 0.4) is 0 Å². The third kappa shape index (κ3) is 4.11. The van der Waals surface area contributed by atoms with Crippen LogP contribution in [0.5, 0.6) is 0 Å². The van der Waals surface area contributed by atoms with Crippen LogP contribution in [0.4, 0.5) is 9.18 Å². The summed E-state index contributed by atoms with van der Waals surface area (Å²) >= 11 is 6.51. The van der Waals surface area contributed by atoms with Crippen molar-refractivity contribution in [3.63, 3.8) is 0 Å². The van der Waals surface area contributed by atoms with Gasteiger partial charge < -0.3 is 4.74 Å². The SMILES string of the molecule is CC(C)OC(=O)CN1C(=O)S/C(=C\c2c(F)cccc2Cl)C1=O. The molecule has 1 aromatic rings. The fourth-order valence-electron chi connectivity index (χ4n) is 1.85. The zero-order valence-electron chi connectivity index (χ0n) is 12.3. The van der Waals surface area contributed by atoms with Gasteiger partial charge in [0.2, 0.25) is 0 Å². The largest absolute Gasteiger partial charge is 0.462 e. The molecule has 0 aliphatic carbocycles. The van der Waals surface area contributed by atoms with Crippen LogP contribution in [0.15, 0.2) is 23.1 Å². The number of halogens is 2. The number of hydrogen-bond acceptors (Lipinski definition) is 5. The molecule has 122 valence electrons. The van der Waals surface area contributed by atoms with E-state index >= 15 is 0 Å². The fraction of sp³-hybridized carbons (Fsp3) is 0.267. The lowest BCUT2D eigenvalue weighted by Gasteiger charge is -2.13. The Morgan fingerprint density at radius 1 is 1.43 bits per heavy atom. The van der Waals surface area contributed by atoms with Crippen LogP contribution in [0.1, 0.15) is 19.4 Å². The van der Waals surface area contributed by atoms with Gasteiger partial charge in [0.15, 0.2) is 0 Å². The van der Waals surface area contributed by atoms with E-state index < -0.39 is 29.5 Å². The average molecular weight is 358 g/mol. The zero-order chi connectivity index (χ0) is 17.1. The topological polar surface area (TPSA) is 63.7 Å². The summed E-state index contributed by atoms with van der Waals surface area (Å²) in [4.78, 5) is 36.4. The van der Waals surface area contributed by atoms with Crippen LogP contribution in [0.2, 0.25) is 5.02 Å². The smallest absolute Gasteiger partial charge is 0.326 e. The monoisotopic (exact) mass is 357 g/mol. The average Bonchev–Trinajstić information content (AvgIpc) is 2.70. The highest BCUT2D eigenvalue weighted by Crippen LogP contribution is 2.34. The van der Waals surface area contributed by atoms with Crippen molar-refractivity contribution in [2.24, 2.45) is 0 Å². The summed E-state index contributed by atoms with van der Waals surface area (Å²) in [6, 6.07) is 4.10. The molecular formula is C15H13ClFNO4S. The molecule has 1 saturated heterocycles. The molecule has 2 amide bonds. The van der Waals surface area contributed by atoms with E-state index in [1.807, 2.05) is 0 Å². The molecule has 1 aliphatic heterocycles. The Morgan fingerprint density at radius 3 is 2.74 bits per heavy atom. The van der Waals surface area contributed by atoms with E-state index in [1.54, 1.807) is 13.8 Å².